The second-order valence-corrected chi connectivity index (χ2v) is 6.27. The Balaban J connectivity index is 1.72. The molecule has 2 atom stereocenters. The van der Waals surface area contributed by atoms with Crippen molar-refractivity contribution in [1.29, 1.82) is 0 Å². The lowest BCUT2D eigenvalue weighted by Crippen LogP contribution is -2.30. The molecule has 2 aliphatic rings. The van der Waals surface area contributed by atoms with E-state index in [2.05, 4.69) is 34.5 Å². The molecule has 4 nitrogen and oxygen atoms in total. The van der Waals surface area contributed by atoms with Crippen LogP contribution in [-0.2, 0) is 11.3 Å². The van der Waals surface area contributed by atoms with Gasteiger partial charge in [-0.2, -0.15) is 0 Å². The van der Waals surface area contributed by atoms with Crippen molar-refractivity contribution in [2.24, 2.45) is 5.92 Å². The number of aliphatic carboxylic acids is 1. The van der Waals surface area contributed by atoms with Crippen molar-refractivity contribution in [2.75, 3.05) is 19.6 Å². The van der Waals surface area contributed by atoms with E-state index in [1.807, 2.05) is 0 Å². The quantitative estimate of drug-likeness (QED) is 0.893. The Morgan fingerprint density at radius 3 is 2.71 bits per heavy atom. The van der Waals surface area contributed by atoms with Crippen LogP contribution < -0.4 is 5.32 Å². The molecule has 3 rings (SSSR count). The molecule has 0 bridgehead atoms. The summed E-state index contributed by atoms with van der Waals surface area (Å²) < 4.78 is 0. The second kappa shape index (κ2) is 6.58. The Bertz CT molecular complexity index is 497. The van der Waals surface area contributed by atoms with Gasteiger partial charge in [0, 0.05) is 19.1 Å². The molecule has 1 aromatic carbocycles. The van der Waals surface area contributed by atoms with Crippen molar-refractivity contribution in [1.82, 2.24) is 10.2 Å². The first kappa shape index (κ1) is 14.5. The van der Waals surface area contributed by atoms with Gasteiger partial charge in [0.1, 0.15) is 0 Å². The van der Waals surface area contributed by atoms with Crippen molar-refractivity contribution in [3.05, 3.63) is 35.4 Å². The number of benzene rings is 1. The van der Waals surface area contributed by atoms with Gasteiger partial charge in [0.25, 0.3) is 0 Å². The number of nitrogens with zero attached hydrogens (tertiary/aromatic N) is 1. The Hall–Kier alpha value is -1.39. The maximum atomic E-state index is 11.1. The summed E-state index contributed by atoms with van der Waals surface area (Å²) in [6.07, 6.45) is 4.64. The lowest BCUT2D eigenvalue weighted by Gasteiger charge is -2.28. The lowest BCUT2D eigenvalue weighted by atomic mass is 9.95. The highest BCUT2D eigenvalue weighted by atomic mass is 16.4. The fourth-order valence-corrected chi connectivity index (χ4v) is 3.54. The smallest absolute Gasteiger partial charge is 0.307 e. The Morgan fingerprint density at radius 1 is 1.24 bits per heavy atom. The van der Waals surface area contributed by atoms with Crippen LogP contribution in [0.2, 0.25) is 0 Å². The highest BCUT2D eigenvalue weighted by molar-refractivity contribution is 5.70. The minimum atomic E-state index is -0.682. The Morgan fingerprint density at radius 2 is 2.00 bits per heavy atom. The summed E-state index contributed by atoms with van der Waals surface area (Å²) in [4.78, 5) is 13.7. The van der Waals surface area contributed by atoms with Crippen molar-refractivity contribution < 1.29 is 9.90 Å². The highest BCUT2D eigenvalue weighted by Gasteiger charge is 2.31. The largest absolute Gasteiger partial charge is 0.481 e. The van der Waals surface area contributed by atoms with E-state index in [1.165, 1.54) is 43.5 Å². The molecular weight excluding hydrogens is 264 g/mol. The van der Waals surface area contributed by atoms with E-state index < -0.39 is 5.97 Å². The molecule has 2 saturated heterocycles. The van der Waals surface area contributed by atoms with Crippen LogP contribution in [-0.4, -0.2) is 35.6 Å². The summed E-state index contributed by atoms with van der Waals surface area (Å²) in [6, 6.07) is 8.69. The minimum absolute atomic E-state index is 0.187. The van der Waals surface area contributed by atoms with Gasteiger partial charge in [-0.3, -0.25) is 9.69 Å². The number of hydrogen-bond acceptors (Lipinski definition) is 3. The van der Waals surface area contributed by atoms with Crippen molar-refractivity contribution in [2.45, 2.75) is 38.3 Å². The zero-order valence-electron chi connectivity index (χ0n) is 12.4. The molecule has 2 N–H and O–H groups in total. The average Bonchev–Trinajstić information content (AvgIpc) is 2.99. The zero-order chi connectivity index (χ0) is 14.7. The molecule has 114 valence electrons. The third-order valence-electron chi connectivity index (χ3n) is 4.75. The van der Waals surface area contributed by atoms with Gasteiger partial charge in [-0.25, -0.2) is 0 Å². The summed E-state index contributed by atoms with van der Waals surface area (Å²) in [5.41, 5.74) is 2.63. The van der Waals surface area contributed by atoms with E-state index in [-0.39, 0.29) is 12.0 Å². The molecule has 1 aromatic rings. The molecule has 0 radical (unpaired) electrons. The third kappa shape index (κ3) is 3.44. The molecule has 2 aliphatic heterocycles. The Kier molecular flexibility index (Phi) is 4.56. The summed E-state index contributed by atoms with van der Waals surface area (Å²) in [7, 11) is 0. The van der Waals surface area contributed by atoms with Gasteiger partial charge in [0.2, 0.25) is 0 Å². The molecule has 4 heteroatoms. The van der Waals surface area contributed by atoms with E-state index >= 15 is 0 Å². The summed E-state index contributed by atoms with van der Waals surface area (Å²) in [6.45, 7) is 3.94. The maximum Gasteiger partial charge on any atom is 0.307 e. The van der Waals surface area contributed by atoms with Gasteiger partial charge in [0.15, 0.2) is 0 Å². The highest BCUT2D eigenvalue weighted by Crippen LogP contribution is 2.30. The fraction of sp³-hybridized carbons (Fsp3) is 0.588. The number of carboxylic acid groups (broad SMARTS) is 1. The number of hydrogen-bond donors (Lipinski definition) is 2. The lowest BCUT2D eigenvalue weighted by molar-refractivity contribution is -0.141. The third-order valence-corrected chi connectivity index (χ3v) is 4.75. The van der Waals surface area contributed by atoms with E-state index in [9.17, 15) is 4.79 Å². The molecular formula is C17H24N2O2. The van der Waals surface area contributed by atoms with Gasteiger partial charge in [0.05, 0.1) is 5.92 Å². The topological polar surface area (TPSA) is 52.6 Å². The first-order valence-corrected chi connectivity index (χ1v) is 8.00. The number of carbonyl (C=O) groups is 1. The van der Waals surface area contributed by atoms with Crippen molar-refractivity contribution in [3.63, 3.8) is 0 Å². The number of rotatable bonds is 4. The predicted octanol–water partition coefficient (Wildman–Crippen LogP) is 2.41. The van der Waals surface area contributed by atoms with E-state index in [1.54, 1.807) is 0 Å². The summed E-state index contributed by atoms with van der Waals surface area (Å²) in [5.74, 6) is -0.934. The van der Waals surface area contributed by atoms with Crippen LogP contribution in [0.15, 0.2) is 24.3 Å². The molecule has 0 amide bonds. The maximum absolute atomic E-state index is 11.1. The molecule has 21 heavy (non-hydrogen) atoms. The number of likely N-dealkylation sites (tertiary alicyclic amines) is 1. The van der Waals surface area contributed by atoms with Crippen LogP contribution in [0.1, 0.15) is 42.9 Å². The zero-order valence-corrected chi connectivity index (χ0v) is 12.4. The standard InChI is InChI=1S/C17H24N2O2/c20-17(21)14-10-16(18-11-14)15-7-3-2-6-13(15)12-19-8-4-1-5-9-19/h2-3,6-7,14,16,18H,1,4-5,8-12H2,(H,20,21). The molecule has 2 heterocycles. The molecule has 2 unspecified atom stereocenters. The van der Waals surface area contributed by atoms with Gasteiger partial charge in [-0.15, -0.1) is 0 Å². The molecule has 0 saturated carbocycles. The van der Waals surface area contributed by atoms with Gasteiger partial charge < -0.3 is 10.4 Å². The SMILES string of the molecule is O=C(O)C1CNC(c2ccccc2CN2CCCCC2)C1. The van der Waals surface area contributed by atoms with Crippen molar-refractivity contribution in [3.8, 4) is 0 Å². The van der Waals surface area contributed by atoms with Crippen LogP contribution in [0.5, 0.6) is 0 Å². The van der Waals surface area contributed by atoms with E-state index in [0.29, 0.717) is 13.0 Å². The predicted molar refractivity (Wildman–Crippen MR) is 82.1 cm³/mol. The van der Waals surface area contributed by atoms with Crippen LogP contribution in [0.4, 0.5) is 0 Å². The van der Waals surface area contributed by atoms with E-state index in [0.717, 1.165) is 6.54 Å². The van der Waals surface area contributed by atoms with Crippen LogP contribution in [0.3, 0.4) is 0 Å². The number of nitrogens with one attached hydrogen (secondary N) is 1. The molecule has 2 fully saturated rings. The first-order chi connectivity index (χ1) is 10.2. The molecule has 0 aliphatic carbocycles. The van der Waals surface area contributed by atoms with Crippen LogP contribution in [0, 0.1) is 5.92 Å². The number of piperidine rings is 1. The molecule has 0 aromatic heterocycles. The number of carboxylic acids is 1. The average molecular weight is 288 g/mol. The normalized spacial score (nSPS) is 26.9. The van der Waals surface area contributed by atoms with Gasteiger partial charge in [-0.1, -0.05) is 30.7 Å². The summed E-state index contributed by atoms with van der Waals surface area (Å²) >= 11 is 0. The van der Waals surface area contributed by atoms with Gasteiger partial charge >= 0.3 is 5.97 Å². The van der Waals surface area contributed by atoms with Crippen LogP contribution in [0.25, 0.3) is 0 Å². The molecule has 0 spiro atoms. The Labute approximate surface area is 126 Å². The summed E-state index contributed by atoms with van der Waals surface area (Å²) in [5, 5.41) is 12.5. The second-order valence-electron chi connectivity index (χ2n) is 6.27. The van der Waals surface area contributed by atoms with Crippen LogP contribution >= 0.6 is 0 Å². The monoisotopic (exact) mass is 288 g/mol. The fourth-order valence-electron chi connectivity index (χ4n) is 3.54. The van der Waals surface area contributed by atoms with E-state index in [4.69, 9.17) is 5.11 Å². The first-order valence-electron chi connectivity index (χ1n) is 8.00. The van der Waals surface area contributed by atoms with Gasteiger partial charge in [-0.05, 0) is 43.5 Å². The minimum Gasteiger partial charge on any atom is -0.481 e. The van der Waals surface area contributed by atoms with Crippen molar-refractivity contribution >= 4 is 5.97 Å².